The fraction of sp³-hybridized carbons (Fsp3) is 0.667. The van der Waals surface area contributed by atoms with Gasteiger partial charge in [-0.2, -0.15) is 0 Å². The molecule has 0 saturated heterocycles. The standard InChI is InChI=1S/C12H18O12.Na.H/c13-3-5(15)9(19)10(20)6(4-14)24-8(18)2-12(23,11(21)22)1-7(16)17;;/h4-6,9-10,13,15,19-20,23H,1-3H2,(H,16,17)(H,21,22);;/q;+1;-1/t5-,6+,9-,10-,12?;;/m1../s1. The number of carboxylic acid groups (broad SMARTS) is 2. The third kappa shape index (κ3) is 8.20. The molecule has 0 radical (unpaired) electrons. The molecule has 0 aliphatic carbocycles. The topological polar surface area (TPSA) is 219 Å². The van der Waals surface area contributed by atoms with Gasteiger partial charge in [-0.3, -0.25) is 14.4 Å². The molecular weight excluding hydrogens is 359 g/mol. The molecule has 0 heterocycles. The van der Waals surface area contributed by atoms with Gasteiger partial charge in [-0.05, 0) is 0 Å². The van der Waals surface area contributed by atoms with Crippen LogP contribution in [-0.4, -0.2) is 96.6 Å². The van der Waals surface area contributed by atoms with E-state index in [1.54, 1.807) is 0 Å². The fourth-order valence-corrected chi connectivity index (χ4v) is 1.60. The minimum absolute atomic E-state index is 0. The number of hydrogen-bond acceptors (Lipinski definition) is 10. The predicted octanol–water partition coefficient (Wildman–Crippen LogP) is -7.03. The number of carbonyl (C=O) groups excluding carboxylic acids is 2. The fourth-order valence-electron chi connectivity index (χ4n) is 1.60. The summed E-state index contributed by atoms with van der Waals surface area (Å²) in [4.78, 5) is 43.8. The number of aliphatic carboxylic acids is 2. The van der Waals surface area contributed by atoms with Gasteiger partial charge in [0.25, 0.3) is 0 Å². The molecular formula is C12H19NaO12. The average Bonchev–Trinajstić information content (AvgIpc) is 2.49. The summed E-state index contributed by atoms with van der Waals surface area (Å²) in [5.74, 6) is -5.30. The van der Waals surface area contributed by atoms with Gasteiger partial charge in [0, 0.05) is 0 Å². The minimum Gasteiger partial charge on any atom is -1.00 e. The van der Waals surface area contributed by atoms with E-state index in [1.165, 1.54) is 0 Å². The van der Waals surface area contributed by atoms with E-state index in [2.05, 4.69) is 4.74 Å². The molecule has 13 heteroatoms. The Morgan fingerprint density at radius 2 is 1.60 bits per heavy atom. The first-order valence-corrected chi connectivity index (χ1v) is 6.46. The number of carboxylic acids is 2. The van der Waals surface area contributed by atoms with E-state index in [0.717, 1.165) is 0 Å². The number of aldehydes is 1. The first-order valence-electron chi connectivity index (χ1n) is 6.46. The second-order valence-electron chi connectivity index (χ2n) is 4.91. The number of aliphatic hydroxyl groups is 5. The van der Waals surface area contributed by atoms with Crippen molar-refractivity contribution in [2.75, 3.05) is 6.61 Å². The normalized spacial score (nSPS) is 17.8. The molecule has 7 N–H and O–H groups in total. The molecule has 0 saturated carbocycles. The molecule has 0 bridgehead atoms. The second-order valence-corrected chi connectivity index (χ2v) is 4.91. The molecule has 12 nitrogen and oxygen atoms in total. The molecule has 1 unspecified atom stereocenters. The van der Waals surface area contributed by atoms with Crippen molar-refractivity contribution in [3.8, 4) is 0 Å². The Morgan fingerprint density at radius 1 is 1.08 bits per heavy atom. The SMILES string of the molecule is O=C[C@H](OC(=O)CC(O)(CC(=O)O)C(=O)O)[C@@H](O)[C@H](O)[C@H](O)CO.[H-].[Na+]. The van der Waals surface area contributed by atoms with Gasteiger partial charge < -0.3 is 41.9 Å². The molecule has 0 aliphatic heterocycles. The van der Waals surface area contributed by atoms with E-state index in [4.69, 9.17) is 20.4 Å². The van der Waals surface area contributed by atoms with Crippen LogP contribution in [-0.2, 0) is 23.9 Å². The van der Waals surface area contributed by atoms with Gasteiger partial charge in [-0.15, -0.1) is 0 Å². The Hall–Kier alpha value is -1.12. The average molecular weight is 378 g/mol. The van der Waals surface area contributed by atoms with Crippen LogP contribution >= 0.6 is 0 Å². The van der Waals surface area contributed by atoms with E-state index in [-0.39, 0.29) is 37.3 Å². The molecule has 25 heavy (non-hydrogen) atoms. The predicted molar refractivity (Wildman–Crippen MR) is 71.6 cm³/mol. The first-order chi connectivity index (χ1) is 11.0. The van der Waals surface area contributed by atoms with E-state index in [0.29, 0.717) is 0 Å². The Kier molecular flexibility index (Phi) is 12.0. The van der Waals surface area contributed by atoms with Gasteiger partial charge >= 0.3 is 47.5 Å². The molecule has 0 rings (SSSR count). The van der Waals surface area contributed by atoms with E-state index in [1.807, 2.05) is 0 Å². The monoisotopic (exact) mass is 378 g/mol. The molecule has 0 aromatic rings. The maximum atomic E-state index is 11.6. The number of carbonyl (C=O) groups is 4. The Balaban J connectivity index is -0.00000264. The summed E-state index contributed by atoms with van der Waals surface area (Å²) in [7, 11) is 0. The molecule has 0 aromatic carbocycles. The van der Waals surface area contributed by atoms with E-state index < -0.39 is 67.4 Å². The van der Waals surface area contributed by atoms with Crippen molar-refractivity contribution in [2.45, 2.75) is 42.9 Å². The third-order valence-corrected chi connectivity index (χ3v) is 2.95. The summed E-state index contributed by atoms with van der Waals surface area (Å²) < 4.78 is 4.38. The van der Waals surface area contributed by atoms with Crippen LogP contribution in [0.15, 0.2) is 0 Å². The summed E-state index contributed by atoms with van der Waals surface area (Å²) >= 11 is 0. The molecule has 0 fully saturated rings. The molecule has 0 amide bonds. The van der Waals surface area contributed by atoms with Crippen molar-refractivity contribution < 1.29 is 90.6 Å². The van der Waals surface area contributed by atoms with Crippen molar-refractivity contribution in [1.29, 1.82) is 0 Å². The van der Waals surface area contributed by atoms with Gasteiger partial charge in [0.15, 0.2) is 18.0 Å². The number of esters is 1. The Bertz CT molecular complexity index is 489. The summed E-state index contributed by atoms with van der Waals surface area (Å²) in [6.07, 6.45) is -11.0. The van der Waals surface area contributed by atoms with Crippen LogP contribution in [0.5, 0.6) is 0 Å². The maximum absolute atomic E-state index is 11.6. The zero-order chi connectivity index (χ0) is 19.1. The molecule has 0 spiro atoms. The zero-order valence-corrected chi connectivity index (χ0v) is 15.2. The molecule has 0 aliphatic rings. The summed E-state index contributed by atoms with van der Waals surface area (Å²) in [6.45, 7) is -0.977. The summed E-state index contributed by atoms with van der Waals surface area (Å²) in [5.41, 5.74) is -3.01. The van der Waals surface area contributed by atoms with Crippen LogP contribution in [0.1, 0.15) is 14.3 Å². The van der Waals surface area contributed by atoms with Crippen molar-refractivity contribution in [1.82, 2.24) is 0 Å². The second kappa shape index (κ2) is 11.5. The first kappa shape index (κ1) is 26.1. The van der Waals surface area contributed by atoms with Gasteiger partial charge in [0.2, 0.25) is 0 Å². The summed E-state index contributed by atoms with van der Waals surface area (Å²) in [5, 5.41) is 63.7. The van der Waals surface area contributed by atoms with E-state index >= 15 is 0 Å². The van der Waals surface area contributed by atoms with Crippen LogP contribution < -0.4 is 29.6 Å². The van der Waals surface area contributed by atoms with Crippen molar-refractivity contribution >= 4 is 24.2 Å². The zero-order valence-electron chi connectivity index (χ0n) is 14.2. The molecule has 140 valence electrons. The largest absolute Gasteiger partial charge is 1.00 e. The van der Waals surface area contributed by atoms with E-state index in [9.17, 15) is 34.5 Å². The Labute approximate surface area is 164 Å². The van der Waals surface area contributed by atoms with Gasteiger partial charge in [-0.25, -0.2) is 4.79 Å². The number of ether oxygens (including phenoxy) is 1. The van der Waals surface area contributed by atoms with Crippen LogP contribution in [0.2, 0.25) is 0 Å². The Morgan fingerprint density at radius 3 is 1.96 bits per heavy atom. The van der Waals surface area contributed by atoms with Crippen molar-refractivity contribution in [3.63, 3.8) is 0 Å². The minimum atomic E-state index is -3.01. The third-order valence-electron chi connectivity index (χ3n) is 2.95. The van der Waals surface area contributed by atoms with Crippen molar-refractivity contribution in [2.24, 2.45) is 0 Å². The maximum Gasteiger partial charge on any atom is 1.00 e. The van der Waals surface area contributed by atoms with Crippen LogP contribution in [0.3, 0.4) is 0 Å². The quantitative estimate of drug-likeness (QED) is 0.101. The molecule has 0 aromatic heterocycles. The molecule has 5 atom stereocenters. The van der Waals surface area contributed by atoms with Gasteiger partial charge in [0.1, 0.15) is 18.3 Å². The van der Waals surface area contributed by atoms with Gasteiger partial charge in [0.05, 0.1) is 19.4 Å². The van der Waals surface area contributed by atoms with Crippen LogP contribution in [0.25, 0.3) is 0 Å². The van der Waals surface area contributed by atoms with Crippen LogP contribution in [0.4, 0.5) is 0 Å². The number of hydrogen-bond donors (Lipinski definition) is 7. The smallest absolute Gasteiger partial charge is 1.00 e. The number of rotatable bonds is 11. The number of aliphatic hydroxyl groups excluding tert-OH is 4. The van der Waals surface area contributed by atoms with Gasteiger partial charge in [-0.1, -0.05) is 0 Å². The van der Waals surface area contributed by atoms with Crippen molar-refractivity contribution in [3.05, 3.63) is 0 Å². The van der Waals surface area contributed by atoms with Crippen LogP contribution in [0, 0.1) is 0 Å². The summed E-state index contributed by atoms with van der Waals surface area (Å²) in [6, 6.07) is 0.